The lowest BCUT2D eigenvalue weighted by Crippen LogP contribution is -2.44. The summed E-state index contributed by atoms with van der Waals surface area (Å²) in [6, 6.07) is 9.35. The maximum atomic E-state index is 12.7. The van der Waals surface area contributed by atoms with Crippen molar-refractivity contribution in [3.05, 3.63) is 41.0 Å². The molecule has 9 heteroatoms. The topological polar surface area (TPSA) is 95.7 Å². The minimum absolute atomic E-state index is 0.0869. The van der Waals surface area contributed by atoms with Crippen molar-refractivity contribution >= 4 is 29.8 Å². The summed E-state index contributed by atoms with van der Waals surface area (Å²) >= 11 is 5.95. The zero-order valence-electron chi connectivity index (χ0n) is 23.2. The first-order valence-corrected chi connectivity index (χ1v) is 14.1. The number of carbonyl (C=O) groups excluding carboxylic acids is 2. The third-order valence-electron chi connectivity index (χ3n) is 6.66. The van der Waals surface area contributed by atoms with Crippen LogP contribution in [0.3, 0.4) is 0 Å². The van der Waals surface area contributed by atoms with Crippen LogP contribution in [-0.2, 0) is 9.59 Å². The predicted octanol–water partition coefficient (Wildman–Crippen LogP) is 5.81. The molecule has 2 aliphatic heterocycles. The number of halogens is 1. The van der Waals surface area contributed by atoms with Crippen molar-refractivity contribution in [2.75, 3.05) is 33.2 Å². The number of fused-ring (bicyclic) bond motifs is 1. The van der Waals surface area contributed by atoms with E-state index in [9.17, 15) is 14.4 Å². The van der Waals surface area contributed by atoms with Crippen molar-refractivity contribution in [2.24, 2.45) is 5.92 Å². The summed E-state index contributed by atoms with van der Waals surface area (Å²) in [5.74, 6) is -0.851. The van der Waals surface area contributed by atoms with E-state index in [1.54, 1.807) is 4.90 Å². The molecule has 0 spiro atoms. The Labute approximate surface area is 231 Å². The summed E-state index contributed by atoms with van der Waals surface area (Å²) < 4.78 is 1.85. The third-order valence-corrected chi connectivity index (χ3v) is 6.91. The van der Waals surface area contributed by atoms with Crippen LogP contribution in [0.1, 0.15) is 82.2 Å². The van der Waals surface area contributed by atoms with E-state index in [1.807, 2.05) is 42.1 Å². The van der Waals surface area contributed by atoms with E-state index in [-0.39, 0.29) is 24.4 Å². The second-order valence-corrected chi connectivity index (χ2v) is 10.5. The minimum atomic E-state index is -0.631. The maximum Gasteiger partial charge on any atom is 0.306 e. The Morgan fingerprint density at radius 3 is 2.32 bits per heavy atom. The van der Waals surface area contributed by atoms with Crippen molar-refractivity contribution in [2.45, 2.75) is 71.8 Å². The van der Waals surface area contributed by atoms with Crippen molar-refractivity contribution in [3.8, 4) is 11.3 Å². The van der Waals surface area contributed by atoms with Gasteiger partial charge in [-0.25, -0.2) is 0 Å². The summed E-state index contributed by atoms with van der Waals surface area (Å²) in [7, 11) is 2.03. The van der Waals surface area contributed by atoms with Gasteiger partial charge in [0, 0.05) is 17.1 Å². The van der Waals surface area contributed by atoms with Crippen LogP contribution in [0.15, 0.2) is 30.3 Å². The summed E-state index contributed by atoms with van der Waals surface area (Å²) in [4.78, 5) is 37.8. The second-order valence-electron chi connectivity index (χ2n) is 10.0. The Balaban J connectivity index is 0.000000324. The van der Waals surface area contributed by atoms with Crippen LogP contribution in [0.5, 0.6) is 0 Å². The number of nitrogens with zero attached hydrogens (tertiary/aromatic N) is 4. The Morgan fingerprint density at radius 1 is 1.13 bits per heavy atom. The Bertz CT molecular complexity index is 1020. The number of piperidine rings is 1. The third kappa shape index (κ3) is 9.24. The number of benzene rings is 1. The minimum Gasteiger partial charge on any atom is -0.481 e. The molecule has 210 valence electrons. The molecule has 1 aromatic heterocycles. The molecule has 1 N–H and O–H groups in total. The molecule has 1 amide bonds. The molecule has 0 bridgehead atoms. The van der Waals surface area contributed by atoms with E-state index in [1.165, 1.54) is 6.42 Å². The maximum absolute atomic E-state index is 12.7. The van der Waals surface area contributed by atoms with Crippen LogP contribution in [0.2, 0.25) is 5.02 Å². The summed E-state index contributed by atoms with van der Waals surface area (Å²) in [5, 5.41) is 14.0. The SMILES string of the molecule is CCC.CCCCCC1CN(CC=O)C(=O)c2cc(-c3ccc(Cl)cc3)nn21.CN1CCC(C(=O)O)CC1. The number of carboxylic acid groups (broad SMARTS) is 1. The fourth-order valence-corrected chi connectivity index (χ4v) is 4.64. The average molecular weight is 547 g/mol. The molecule has 0 aliphatic carbocycles. The van der Waals surface area contributed by atoms with Crippen LogP contribution in [-0.4, -0.2) is 76.1 Å². The lowest BCUT2D eigenvalue weighted by molar-refractivity contribution is -0.143. The molecule has 0 radical (unpaired) electrons. The van der Waals surface area contributed by atoms with E-state index in [0.29, 0.717) is 17.3 Å². The summed E-state index contributed by atoms with van der Waals surface area (Å²) in [6.45, 7) is 8.94. The number of carbonyl (C=O) groups is 3. The van der Waals surface area contributed by atoms with Crippen molar-refractivity contribution < 1.29 is 19.5 Å². The van der Waals surface area contributed by atoms with Crippen molar-refractivity contribution in [1.82, 2.24) is 19.6 Å². The summed E-state index contributed by atoms with van der Waals surface area (Å²) in [6.07, 6.45) is 7.99. The van der Waals surface area contributed by atoms with Crippen LogP contribution in [0.4, 0.5) is 0 Å². The number of hydrogen-bond donors (Lipinski definition) is 1. The molecule has 1 atom stereocenters. The monoisotopic (exact) mass is 546 g/mol. The zero-order valence-corrected chi connectivity index (χ0v) is 24.0. The molecular weight excluding hydrogens is 504 g/mol. The number of unbranched alkanes of at least 4 members (excludes halogenated alkanes) is 2. The highest BCUT2D eigenvalue weighted by Crippen LogP contribution is 2.29. The lowest BCUT2D eigenvalue weighted by Gasteiger charge is -2.32. The first-order valence-electron chi connectivity index (χ1n) is 13.7. The van der Waals surface area contributed by atoms with Crippen molar-refractivity contribution in [3.63, 3.8) is 0 Å². The fourth-order valence-electron chi connectivity index (χ4n) is 4.52. The number of aliphatic carboxylic acids is 1. The average Bonchev–Trinajstić information content (AvgIpc) is 3.35. The molecule has 3 heterocycles. The zero-order chi connectivity index (χ0) is 28.1. The molecule has 2 aliphatic rings. The van der Waals surface area contributed by atoms with Gasteiger partial charge in [0.25, 0.3) is 5.91 Å². The van der Waals surface area contributed by atoms with E-state index >= 15 is 0 Å². The van der Waals surface area contributed by atoms with Crippen LogP contribution in [0, 0.1) is 5.92 Å². The van der Waals surface area contributed by atoms with Gasteiger partial charge in [-0.05, 0) is 57.6 Å². The standard InChI is InChI=1S/C19H22ClN3O2.C7H13NO2.C3H8/c1-2-3-4-5-16-13-22(10-11-24)19(25)18-12-17(21-23(16)18)14-6-8-15(20)9-7-14;1-8-4-2-6(3-5-8)7(9)10;1-3-2/h6-9,11-12,16H,2-5,10,13H2,1H3;6H,2-5H2,1H3,(H,9,10);3H2,1-2H3. The first-order chi connectivity index (χ1) is 18.2. The fraction of sp³-hybridized carbons (Fsp3) is 0.586. The van der Waals surface area contributed by atoms with E-state index < -0.39 is 5.97 Å². The molecule has 1 unspecified atom stereocenters. The second kappa shape index (κ2) is 16.3. The Morgan fingerprint density at radius 2 is 1.76 bits per heavy atom. The van der Waals surface area contributed by atoms with Gasteiger partial charge in [0.05, 0.1) is 24.2 Å². The molecule has 0 saturated carbocycles. The van der Waals surface area contributed by atoms with Gasteiger partial charge in [-0.15, -0.1) is 0 Å². The Kier molecular flexibility index (Phi) is 13.5. The van der Waals surface area contributed by atoms with Gasteiger partial charge in [0.2, 0.25) is 0 Å². The molecular formula is C29H43ClN4O4. The van der Waals surface area contributed by atoms with Gasteiger partial charge in [-0.2, -0.15) is 5.10 Å². The highest BCUT2D eigenvalue weighted by molar-refractivity contribution is 6.30. The highest BCUT2D eigenvalue weighted by Gasteiger charge is 2.32. The van der Waals surface area contributed by atoms with E-state index in [4.69, 9.17) is 21.8 Å². The lowest BCUT2D eigenvalue weighted by atomic mass is 9.98. The van der Waals surface area contributed by atoms with Crippen molar-refractivity contribution in [1.29, 1.82) is 0 Å². The molecule has 38 heavy (non-hydrogen) atoms. The Hall–Kier alpha value is -2.71. The van der Waals surface area contributed by atoms with Crippen LogP contribution < -0.4 is 0 Å². The van der Waals surface area contributed by atoms with Gasteiger partial charge in [0.1, 0.15) is 12.0 Å². The predicted molar refractivity (Wildman–Crippen MR) is 152 cm³/mol. The number of hydrogen-bond acceptors (Lipinski definition) is 5. The molecule has 1 aromatic carbocycles. The van der Waals surface area contributed by atoms with E-state index in [2.05, 4.69) is 25.7 Å². The number of aromatic nitrogens is 2. The van der Waals surface area contributed by atoms with Crippen LogP contribution >= 0.6 is 11.6 Å². The number of rotatable bonds is 8. The largest absolute Gasteiger partial charge is 0.481 e. The smallest absolute Gasteiger partial charge is 0.306 e. The number of aldehydes is 1. The van der Waals surface area contributed by atoms with E-state index in [0.717, 1.165) is 69.2 Å². The van der Waals surface area contributed by atoms with Gasteiger partial charge < -0.3 is 19.7 Å². The first kappa shape index (κ1) is 31.5. The molecule has 1 saturated heterocycles. The number of amides is 1. The van der Waals surface area contributed by atoms with Gasteiger partial charge >= 0.3 is 5.97 Å². The molecule has 8 nitrogen and oxygen atoms in total. The van der Waals surface area contributed by atoms with Gasteiger partial charge in [-0.3, -0.25) is 14.3 Å². The quantitative estimate of drug-likeness (QED) is 0.331. The number of likely N-dealkylation sites (tertiary alicyclic amines) is 1. The van der Waals surface area contributed by atoms with Gasteiger partial charge in [0.15, 0.2) is 0 Å². The normalized spacial score (nSPS) is 17.6. The molecule has 2 aromatic rings. The molecule has 4 rings (SSSR count). The molecule has 1 fully saturated rings. The van der Waals surface area contributed by atoms with Crippen LogP contribution in [0.25, 0.3) is 11.3 Å². The number of carboxylic acids is 1. The van der Waals surface area contributed by atoms with Gasteiger partial charge in [-0.1, -0.05) is 70.2 Å². The highest BCUT2D eigenvalue weighted by atomic mass is 35.5. The summed E-state index contributed by atoms with van der Waals surface area (Å²) in [5.41, 5.74) is 2.24.